The van der Waals surface area contributed by atoms with Crippen molar-refractivity contribution in [3.8, 4) is 0 Å². The number of rotatable bonds is 5. The highest BCUT2D eigenvalue weighted by atomic mass is 35.5. The highest BCUT2D eigenvalue weighted by Crippen LogP contribution is 2.17. The van der Waals surface area contributed by atoms with Crippen molar-refractivity contribution >= 4 is 17.6 Å². The maximum absolute atomic E-state index is 13.4. The van der Waals surface area contributed by atoms with Crippen molar-refractivity contribution in [3.63, 3.8) is 0 Å². The van der Waals surface area contributed by atoms with E-state index in [1.165, 1.54) is 6.07 Å². The van der Waals surface area contributed by atoms with Gasteiger partial charge in [0, 0.05) is 13.1 Å². The van der Waals surface area contributed by atoms with Gasteiger partial charge in [-0.25, -0.2) is 9.18 Å². The Morgan fingerprint density at radius 3 is 2.29 bits per heavy atom. The van der Waals surface area contributed by atoms with E-state index in [-0.39, 0.29) is 10.6 Å². The predicted molar refractivity (Wildman–Crippen MR) is 80.0 cm³/mol. The molecule has 0 aliphatic heterocycles. The topological polar surface area (TPSA) is 40.5 Å². The fourth-order valence-electron chi connectivity index (χ4n) is 2.07. The molecule has 0 saturated carbocycles. The van der Waals surface area contributed by atoms with Crippen LogP contribution in [-0.2, 0) is 13.1 Å². The molecule has 1 N–H and O–H groups in total. The second-order valence-electron chi connectivity index (χ2n) is 4.92. The van der Waals surface area contributed by atoms with Gasteiger partial charge >= 0.3 is 5.97 Å². The van der Waals surface area contributed by atoms with Crippen molar-refractivity contribution in [3.05, 3.63) is 70.0 Å². The van der Waals surface area contributed by atoms with Crippen LogP contribution in [0.25, 0.3) is 0 Å². The molecule has 0 amide bonds. The molecule has 0 aromatic heterocycles. The van der Waals surface area contributed by atoms with Gasteiger partial charge in [-0.2, -0.15) is 0 Å². The summed E-state index contributed by atoms with van der Waals surface area (Å²) in [6.45, 7) is 1.22. The van der Waals surface area contributed by atoms with E-state index in [0.29, 0.717) is 13.1 Å². The molecule has 0 spiro atoms. The second kappa shape index (κ2) is 6.70. The largest absolute Gasteiger partial charge is 0.478 e. The molecule has 0 radical (unpaired) electrons. The van der Waals surface area contributed by atoms with E-state index in [2.05, 4.69) is 0 Å². The Balaban J connectivity index is 1.99. The highest BCUT2D eigenvalue weighted by Gasteiger charge is 2.06. The van der Waals surface area contributed by atoms with Gasteiger partial charge in [-0.3, -0.25) is 4.90 Å². The van der Waals surface area contributed by atoms with Gasteiger partial charge < -0.3 is 5.11 Å². The number of nitrogens with zero attached hydrogens (tertiary/aromatic N) is 1. The van der Waals surface area contributed by atoms with Crippen LogP contribution in [0, 0.1) is 5.82 Å². The zero-order valence-electron chi connectivity index (χ0n) is 11.5. The lowest BCUT2D eigenvalue weighted by atomic mass is 10.1. The summed E-state index contributed by atoms with van der Waals surface area (Å²) in [5.74, 6) is -1.36. The molecule has 0 fully saturated rings. The normalized spacial score (nSPS) is 10.9. The number of halogens is 2. The number of aromatic carboxylic acids is 1. The maximum Gasteiger partial charge on any atom is 0.335 e. The lowest BCUT2D eigenvalue weighted by Gasteiger charge is -2.17. The first-order valence-corrected chi connectivity index (χ1v) is 6.78. The molecule has 0 atom stereocenters. The van der Waals surface area contributed by atoms with Crippen molar-refractivity contribution in [2.45, 2.75) is 13.1 Å². The quantitative estimate of drug-likeness (QED) is 0.913. The fraction of sp³-hybridized carbons (Fsp3) is 0.188. The molecular formula is C16H15ClFNO2. The van der Waals surface area contributed by atoms with Crippen LogP contribution in [-0.4, -0.2) is 23.0 Å². The number of hydrogen-bond acceptors (Lipinski definition) is 2. The van der Waals surface area contributed by atoms with Gasteiger partial charge in [-0.1, -0.05) is 29.8 Å². The van der Waals surface area contributed by atoms with Gasteiger partial charge in [0.2, 0.25) is 0 Å². The van der Waals surface area contributed by atoms with E-state index >= 15 is 0 Å². The summed E-state index contributed by atoms with van der Waals surface area (Å²) in [5, 5.41) is 8.96. The molecule has 0 aliphatic rings. The first-order valence-electron chi connectivity index (χ1n) is 6.40. The smallest absolute Gasteiger partial charge is 0.335 e. The standard InChI is InChI=1S/C16H15ClFNO2/c1-19(10-12-4-7-14(17)15(18)8-12)9-11-2-5-13(6-3-11)16(20)21/h2-8H,9-10H2,1H3,(H,20,21). The number of carboxylic acids is 1. The molecule has 0 bridgehead atoms. The SMILES string of the molecule is CN(Cc1ccc(C(=O)O)cc1)Cc1ccc(Cl)c(F)c1. The molecule has 0 aliphatic carbocycles. The zero-order chi connectivity index (χ0) is 15.4. The average Bonchev–Trinajstić information content (AvgIpc) is 2.43. The monoisotopic (exact) mass is 307 g/mol. The molecule has 0 saturated heterocycles. The molecule has 2 rings (SSSR count). The minimum absolute atomic E-state index is 0.116. The molecule has 0 heterocycles. The summed E-state index contributed by atoms with van der Waals surface area (Å²) >= 11 is 5.65. The third-order valence-electron chi connectivity index (χ3n) is 3.09. The molecular weight excluding hydrogens is 293 g/mol. The molecule has 5 heteroatoms. The van der Waals surface area contributed by atoms with Crippen LogP contribution in [0.5, 0.6) is 0 Å². The van der Waals surface area contributed by atoms with Crippen molar-refractivity contribution < 1.29 is 14.3 Å². The third-order valence-corrected chi connectivity index (χ3v) is 3.40. The molecule has 2 aromatic carbocycles. The number of carbonyl (C=O) groups is 1. The fourth-order valence-corrected chi connectivity index (χ4v) is 2.19. The molecule has 21 heavy (non-hydrogen) atoms. The van der Waals surface area contributed by atoms with Crippen molar-refractivity contribution in [1.82, 2.24) is 4.90 Å². The van der Waals surface area contributed by atoms with E-state index in [1.807, 2.05) is 11.9 Å². The highest BCUT2D eigenvalue weighted by molar-refractivity contribution is 6.30. The number of benzene rings is 2. The first-order chi connectivity index (χ1) is 9.95. The van der Waals surface area contributed by atoms with E-state index in [4.69, 9.17) is 16.7 Å². The van der Waals surface area contributed by atoms with Crippen LogP contribution in [0.2, 0.25) is 5.02 Å². The zero-order valence-corrected chi connectivity index (χ0v) is 12.3. The molecule has 110 valence electrons. The van der Waals surface area contributed by atoms with Crippen LogP contribution in [0.3, 0.4) is 0 Å². The van der Waals surface area contributed by atoms with Crippen LogP contribution in [0.1, 0.15) is 21.5 Å². The summed E-state index contributed by atoms with van der Waals surface area (Å²) < 4.78 is 13.4. The third kappa shape index (κ3) is 4.28. The maximum atomic E-state index is 13.4. The van der Waals surface area contributed by atoms with E-state index in [1.54, 1.807) is 36.4 Å². The first kappa shape index (κ1) is 15.5. The summed E-state index contributed by atoms with van der Waals surface area (Å²) in [4.78, 5) is 12.8. The second-order valence-corrected chi connectivity index (χ2v) is 5.33. The van der Waals surface area contributed by atoms with E-state index in [0.717, 1.165) is 11.1 Å². The molecule has 0 unspecified atom stereocenters. The Labute approximate surface area is 127 Å². The number of carboxylic acid groups (broad SMARTS) is 1. The van der Waals surface area contributed by atoms with Crippen molar-refractivity contribution in [2.75, 3.05) is 7.05 Å². The van der Waals surface area contributed by atoms with Crippen molar-refractivity contribution in [1.29, 1.82) is 0 Å². The van der Waals surface area contributed by atoms with Gasteiger partial charge in [-0.05, 0) is 42.4 Å². The van der Waals surface area contributed by atoms with Gasteiger partial charge in [0.25, 0.3) is 0 Å². The average molecular weight is 308 g/mol. The van der Waals surface area contributed by atoms with Gasteiger partial charge in [-0.15, -0.1) is 0 Å². The number of hydrogen-bond donors (Lipinski definition) is 1. The molecule has 2 aromatic rings. The summed E-state index contributed by atoms with van der Waals surface area (Å²) in [6.07, 6.45) is 0. The Morgan fingerprint density at radius 1 is 1.14 bits per heavy atom. The summed E-state index contributed by atoms with van der Waals surface area (Å²) in [6, 6.07) is 11.5. The van der Waals surface area contributed by atoms with Crippen molar-refractivity contribution in [2.24, 2.45) is 0 Å². The lowest BCUT2D eigenvalue weighted by molar-refractivity contribution is 0.0697. The van der Waals surface area contributed by atoms with Crippen LogP contribution < -0.4 is 0 Å². The van der Waals surface area contributed by atoms with Gasteiger partial charge in [0.05, 0.1) is 10.6 Å². The Bertz CT molecular complexity index is 643. The lowest BCUT2D eigenvalue weighted by Crippen LogP contribution is -2.17. The summed E-state index contributed by atoms with van der Waals surface area (Å²) in [7, 11) is 1.91. The minimum Gasteiger partial charge on any atom is -0.478 e. The Kier molecular flexibility index (Phi) is 4.94. The van der Waals surface area contributed by atoms with Gasteiger partial charge in [0.1, 0.15) is 5.82 Å². The van der Waals surface area contributed by atoms with Crippen LogP contribution >= 0.6 is 11.6 Å². The Morgan fingerprint density at radius 2 is 1.71 bits per heavy atom. The molecule has 3 nitrogen and oxygen atoms in total. The van der Waals surface area contributed by atoms with Crippen LogP contribution in [0.15, 0.2) is 42.5 Å². The van der Waals surface area contributed by atoms with E-state index < -0.39 is 11.8 Å². The minimum atomic E-state index is -0.938. The van der Waals surface area contributed by atoms with Crippen LogP contribution in [0.4, 0.5) is 4.39 Å². The predicted octanol–water partition coefficient (Wildman–Crippen LogP) is 3.81. The Hall–Kier alpha value is -1.91. The summed E-state index contributed by atoms with van der Waals surface area (Å²) in [5.41, 5.74) is 2.10. The van der Waals surface area contributed by atoms with Gasteiger partial charge in [0.15, 0.2) is 0 Å². The van der Waals surface area contributed by atoms with E-state index in [9.17, 15) is 9.18 Å².